The molecule has 1 fully saturated rings. The van der Waals surface area contributed by atoms with E-state index >= 15 is 0 Å². The van der Waals surface area contributed by atoms with Gasteiger partial charge in [0.1, 0.15) is 0 Å². The van der Waals surface area contributed by atoms with Crippen molar-refractivity contribution < 1.29 is 23.7 Å². The molecule has 2 heterocycles. The van der Waals surface area contributed by atoms with Crippen LogP contribution in [0.4, 0.5) is 5.95 Å². The molecule has 0 spiro atoms. The molecule has 2 aromatic rings. The predicted molar refractivity (Wildman–Crippen MR) is 102 cm³/mol. The van der Waals surface area contributed by atoms with Gasteiger partial charge in [0.15, 0.2) is 0 Å². The first kappa shape index (κ1) is 19.8. The van der Waals surface area contributed by atoms with Crippen molar-refractivity contribution in [2.75, 3.05) is 78.0 Å². The van der Waals surface area contributed by atoms with Gasteiger partial charge in [0.25, 0.3) is 0 Å². The Labute approximate surface area is 159 Å². The number of benzene rings is 1. The normalized spacial score (nSPS) is 18.6. The summed E-state index contributed by atoms with van der Waals surface area (Å²) < 4.78 is 27.7. The molecule has 148 valence electrons. The lowest BCUT2D eigenvalue weighted by molar-refractivity contribution is 0.00206. The van der Waals surface area contributed by atoms with Gasteiger partial charge in [0.05, 0.1) is 70.9 Å². The molecule has 1 aliphatic heterocycles. The van der Waals surface area contributed by atoms with Crippen LogP contribution >= 0.6 is 0 Å². The maximum atomic E-state index is 5.67. The Morgan fingerprint density at radius 3 is 1.93 bits per heavy atom. The summed E-state index contributed by atoms with van der Waals surface area (Å²) in [6.07, 6.45) is 0. The second-order valence-electron chi connectivity index (χ2n) is 5.99. The monoisotopic (exact) mass is 377 g/mol. The van der Waals surface area contributed by atoms with Crippen LogP contribution in [-0.4, -0.2) is 83.0 Å². The lowest BCUT2D eigenvalue weighted by atomic mass is 10.2. The zero-order valence-corrected chi connectivity index (χ0v) is 15.8. The zero-order valence-electron chi connectivity index (χ0n) is 15.8. The van der Waals surface area contributed by atoms with E-state index in [0.29, 0.717) is 77.8 Å². The van der Waals surface area contributed by atoms with E-state index in [-0.39, 0.29) is 0 Å². The van der Waals surface area contributed by atoms with Crippen molar-refractivity contribution in [1.29, 1.82) is 0 Å². The Hall–Kier alpha value is -2.00. The van der Waals surface area contributed by atoms with Crippen LogP contribution in [-0.2, 0) is 18.9 Å². The molecule has 0 saturated carbocycles. The lowest BCUT2D eigenvalue weighted by Gasteiger charge is -2.23. The van der Waals surface area contributed by atoms with Gasteiger partial charge in [-0.05, 0) is 12.1 Å². The second kappa shape index (κ2) is 11.0. The first-order chi connectivity index (χ1) is 13.4. The summed E-state index contributed by atoms with van der Waals surface area (Å²) in [5.74, 6) is 1.17. The Morgan fingerprint density at radius 2 is 1.33 bits per heavy atom. The average Bonchev–Trinajstić information content (AvgIpc) is 2.72. The van der Waals surface area contributed by atoms with Crippen LogP contribution in [0.5, 0.6) is 5.88 Å². The minimum atomic E-state index is 0.548. The van der Waals surface area contributed by atoms with E-state index in [1.165, 1.54) is 0 Å². The Kier molecular flexibility index (Phi) is 8.03. The topological polar surface area (TPSA) is 75.2 Å². The fraction of sp³-hybridized carbons (Fsp3) is 0.579. The third-order valence-corrected chi connectivity index (χ3v) is 4.16. The minimum Gasteiger partial charge on any atom is -0.480 e. The molecule has 8 nitrogen and oxygen atoms in total. The molecule has 1 aliphatic rings. The largest absolute Gasteiger partial charge is 0.480 e. The number of rotatable bonds is 2. The van der Waals surface area contributed by atoms with Crippen molar-refractivity contribution in [3.63, 3.8) is 0 Å². The van der Waals surface area contributed by atoms with Crippen LogP contribution in [0.25, 0.3) is 10.9 Å². The molecular weight excluding hydrogens is 350 g/mol. The standard InChI is InChI=1S/C19H27N3O5/c1-23-18-16-4-2-3-5-17(16)20-19(21-18)22-6-8-24-10-12-26-14-15-27-13-11-25-9-7-22/h2-5H,6-15H2,1H3. The number of nitrogens with zero attached hydrogens (tertiary/aromatic N) is 3. The van der Waals surface area contributed by atoms with Crippen molar-refractivity contribution >= 4 is 16.9 Å². The molecule has 0 amide bonds. The minimum absolute atomic E-state index is 0.548. The van der Waals surface area contributed by atoms with Gasteiger partial charge in [0, 0.05) is 13.1 Å². The molecule has 1 aromatic heterocycles. The molecule has 0 aliphatic carbocycles. The summed E-state index contributed by atoms with van der Waals surface area (Å²) in [4.78, 5) is 11.3. The molecule has 3 rings (SSSR count). The number of hydrogen-bond acceptors (Lipinski definition) is 8. The number of ether oxygens (including phenoxy) is 5. The van der Waals surface area contributed by atoms with Crippen molar-refractivity contribution in [2.45, 2.75) is 0 Å². The highest BCUT2D eigenvalue weighted by Gasteiger charge is 2.14. The highest BCUT2D eigenvalue weighted by atomic mass is 16.6. The third kappa shape index (κ3) is 6.00. The first-order valence-corrected chi connectivity index (χ1v) is 9.25. The highest BCUT2D eigenvalue weighted by Crippen LogP contribution is 2.24. The van der Waals surface area contributed by atoms with Crippen LogP contribution in [0, 0.1) is 0 Å². The van der Waals surface area contributed by atoms with E-state index in [0.717, 1.165) is 10.9 Å². The molecule has 27 heavy (non-hydrogen) atoms. The molecule has 0 unspecified atom stereocenters. The van der Waals surface area contributed by atoms with E-state index in [1.807, 2.05) is 24.3 Å². The molecule has 1 aromatic carbocycles. The molecule has 8 heteroatoms. The molecule has 0 radical (unpaired) electrons. The fourth-order valence-electron chi connectivity index (χ4n) is 2.76. The number of para-hydroxylation sites is 1. The van der Waals surface area contributed by atoms with Crippen LogP contribution < -0.4 is 9.64 Å². The van der Waals surface area contributed by atoms with E-state index in [1.54, 1.807) is 7.11 Å². The van der Waals surface area contributed by atoms with E-state index in [2.05, 4.69) is 9.88 Å². The van der Waals surface area contributed by atoms with Gasteiger partial charge < -0.3 is 28.6 Å². The van der Waals surface area contributed by atoms with E-state index in [4.69, 9.17) is 28.7 Å². The maximum absolute atomic E-state index is 5.67. The second-order valence-corrected chi connectivity index (χ2v) is 5.99. The predicted octanol–water partition coefficient (Wildman–Crippen LogP) is 1.52. The van der Waals surface area contributed by atoms with Crippen LogP contribution in [0.2, 0.25) is 0 Å². The van der Waals surface area contributed by atoms with Gasteiger partial charge in [-0.15, -0.1) is 0 Å². The first-order valence-electron chi connectivity index (χ1n) is 9.25. The quantitative estimate of drug-likeness (QED) is 0.780. The number of anilines is 1. The molecular formula is C19H27N3O5. The van der Waals surface area contributed by atoms with Crippen LogP contribution in [0.1, 0.15) is 0 Å². The summed E-state index contributed by atoms with van der Waals surface area (Å²) in [5, 5.41) is 0.892. The molecule has 1 saturated heterocycles. The number of methoxy groups -OCH3 is 1. The highest BCUT2D eigenvalue weighted by molar-refractivity contribution is 5.84. The van der Waals surface area contributed by atoms with Gasteiger partial charge in [-0.3, -0.25) is 0 Å². The van der Waals surface area contributed by atoms with Gasteiger partial charge in [-0.25, -0.2) is 4.98 Å². The summed E-state index contributed by atoms with van der Waals surface area (Å²) >= 11 is 0. The lowest BCUT2D eigenvalue weighted by Crippen LogP contribution is -2.33. The smallest absolute Gasteiger partial charge is 0.229 e. The number of aromatic nitrogens is 2. The SMILES string of the molecule is COc1nc(N2CCOCCOCCOCCOCC2)nc2ccccc12. The molecule has 0 atom stereocenters. The molecule has 0 N–H and O–H groups in total. The van der Waals surface area contributed by atoms with Gasteiger partial charge >= 0.3 is 0 Å². The van der Waals surface area contributed by atoms with Crippen molar-refractivity contribution in [3.05, 3.63) is 24.3 Å². The fourth-order valence-corrected chi connectivity index (χ4v) is 2.76. The molecule has 0 bridgehead atoms. The Morgan fingerprint density at radius 1 is 0.778 bits per heavy atom. The van der Waals surface area contributed by atoms with Crippen LogP contribution in [0.15, 0.2) is 24.3 Å². The van der Waals surface area contributed by atoms with Gasteiger partial charge in [-0.1, -0.05) is 12.1 Å². The summed E-state index contributed by atoms with van der Waals surface area (Å²) in [7, 11) is 1.62. The van der Waals surface area contributed by atoms with Crippen molar-refractivity contribution in [3.8, 4) is 5.88 Å². The van der Waals surface area contributed by atoms with Gasteiger partial charge in [0.2, 0.25) is 11.8 Å². The zero-order chi connectivity index (χ0) is 18.7. The van der Waals surface area contributed by atoms with E-state index in [9.17, 15) is 0 Å². The summed E-state index contributed by atoms with van der Waals surface area (Å²) in [5.41, 5.74) is 0.846. The van der Waals surface area contributed by atoms with Crippen molar-refractivity contribution in [2.24, 2.45) is 0 Å². The maximum Gasteiger partial charge on any atom is 0.229 e. The Bertz CT molecular complexity index is 684. The van der Waals surface area contributed by atoms with Gasteiger partial charge in [-0.2, -0.15) is 4.98 Å². The average molecular weight is 377 g/mol. The summed E-state index contributed by atoms with van der Waals surface area (Å²) in [6.45, 7) is 5.76. The number of hydrogen-bond donors (Lipinski definition) is 0. The van der Waals surface area contributed by atoms with E-state index < -0.39 is 0 Å². The number of fused-ring (bicyclic) bond motifs is 1. The van der Waals surface area contributed by atoms with Crippen molar-refractivity contribution in [1.82, 2.24) is 9.97 Å². The summed E-state index contributed by atoms with van der Waals surface area (Å²) in [6, 6.07) is 7.81. The third-order valence-electron chi connectivity index (χ3n) is 4.16. The Balaban J connectivity index is 1.73. The van der Waals surface area contributed by atoms with Crippen LogP contribution in [0.3, 0.4) is 0 Å².